The number of carbonyl (C=O) groups is 1. The summed E-state index contributed by atoms with van der Waals surface area (Å²) in [5, 5.41) is 22.7. The van der Waals surface area contributed by atoms with Crippen molar-refractivity contribution in [3.05, 3.63) is 60.8 Å². The predicted octanol–water partition coefficient (Wildman–Crippen LogP) is 11.0. The maximum atomic E-state index is 12.3. The fraction of sp³-hybridized carbons (Fsp3) is 0.725. The van der Waals surface area contributed by atoms with E-state index < -0.39 is 12.1 Å². The molecule has 0 saturated carbocycles. The van der Waals surface area contributed by atoms with Crippen LogP contribution < -0.4 is 5.32 Å². The Hall–Kier alpha value is -1.91. The number of unbranched alkanes of at least 4 members (excludes halogenated alkanes) is 18. The van der Waals surface area contributed by atoms with E-state index in [9.17, 15) is 15.0 Å². The Morgan fingerprint density at radius 2 is 1.05 bits per heavy atom. The molecule has 44 heavy (non-hydrogen) atoms. The van der Waals surface area contributed by atoms with Crippen LogP contribution in [-0.2, 0) is 4.79 Å². The summed E-state index contributed by atoms with van der Waals surface area (Å²) in [5.74, 6) is -0.0920. The highest BCUT2D eigenvalue weighted by Crippen LogP contribution is 2.12. The highest BCUT2D eigenvalue weighted by Gasteiger charge is 2.17. The third kappa shape index (κ3) is 31.5. The first kappa shape index (κ1) is 42.1. The maximum absolute atomic E-state index is 12.3. The Morgan fingerprint density at radius 1 is 0.591 bits per heavy atom. The van der Waals surface area contributed by atoms with Gasteiger partial charge in [0.05, 0.1) is 18.8 Å². The normalized spacial score (nSPS) is 13.8. The monoisotopic (exact) mass is 614 g/mol. The Labute approximate surface area is 273 Å². The lowest BCUT2D eigenvalue weighted by Crippen LogP contribution is -2.45. The molecule has 0 saturated heterocycles. The minimum atomic E-state index is -0.872. The van der Waals surface area contributed by atoms with E-state index in [0.29, 0.717) is 6.42 Å². The molecule has 4 nitrogen and oxygen atoms in total. The average molecular weight is 614 g/mol. The smallest absolute Gasteiger partial charge is 0.220 e. The van der Waals surface area contributed by atoms with E-state index in [4.69, 9.17) is 0 Å². The van der Waals surface area contributed by atoms with Gasteiger partial charge in [0.15, 0.2) is 0 Å². The quantitative estimate of drug-likeness (QED) is 0.0522. The van der Waals surface area contributed by atoms with Crippen LogP contribution in [0, 0.1) is 0 Å². The first-order valence-electron chi connectivity index (χ1n) is 18.5. The van der Waals surface area contributed by atoms with Crippen LogP contribution in [-0.4, -0.2) is 34.9 Å². The topological polar surface area (TPSA) is 69.6 Å². The molecule has 0 rings (SSSR count). The zero-order chi connectivity index (χ0) is 32.2. The van der Waals surface area contributed by atoms with E-state index in [-0.39, 0.29) is 12.5 Å². The summed E-state index contributed by atoms with van der Waals surface area (Å²) in [4.78, 5) is 12.3. The molecule has 0 heterocycles. The standard InChI is InChI=1S/C40H71NO3/c1-3-5-7-9-11-13-14-15-16-17-18-19-20-21-22-23-24-25-26-28-30-32-34-36-40(44)41-38(37-42)39(43)35-33-31-29-27-12-10-8-6-4-2/h4,6,12,18-19,21-22,27,33,35,38-39,42-43H,3,5,7-11,13-17,20,23-26,28-32,34,36-37H2,1-2H3,(H,41,44)/b6-4+,19-18-,22-21-,27-12+,35-33+. The van der Waals surface area contributed by atoms with Crippen LogP contribution in [0.5, 0.6) is 0 Å². The molecule has 2 unspecified atom stereocenters. The molecule has 0 radical (unpaired) electrons. The minimum absolute atomic E-state index is 0.0920. The third-order valence-electron chi connectivity index (χ3n) is 8.05. The highest BCUT2D eigenvalue weighted by atomic mass is 16.3. The van der Waals surface area contributed by atoms with Crippen LogP contribution in [0.2, 0.25) is 0 Å². The summed E-state index contributed by atoms with van der Waals surface area (Å²) < 4.78 is 0. The van der Waals surface area contributed by atoms with Crippen molar-refractivity contribution in [2.24, 2.45) is 0 Å². The molecule has 0 aromatic carbocycles. The summed E-state index contributed by atoms with van der Waals surface area (Å²) in [6.07, 6.45) is 49.0. The van der Waals surface area contributed by atoms with Gasteiger partial charge in [0, 0.05) is 6.42 Å². The molecule has 0 bridgehead atoms. The van der Waals surface area contributed by atoms with Gasteiger partial charge in [-0.25, -0.2) is 0 Å². The van der Waals surface area contributed by atoms with E-state index in [1.165, 1.54) is 96.3 Å². The Kier molecular flexibility index (Phi) is 34.0. The summed E-state index contributed by atoms with van der Waals surface area (Å²) in [6, 6.07) is -0.648. The molecule has 0 aliphatic rings. The fourth-order valence-corrected chi connectivity index (χ4v) is 5.19. The van der Waals surface area contributed by atoms with Gasteiger partial charge in [-0.2, -0.15) is 0 Å². The van der Waals surface area contributed by atoms with Crippen LogP contribution in [0.15, 0.2) is 60.8 Å². The first-order chi connectivity index (χ1) is 21.7. The number of hydrogen-bond donors (Lipinski definition) is 3. The zero-order valence-electron chi connectivity index (χ0n) is 28.9. The van der Waals surface area contributed by atoms with Crippen molar-refractivity contribution in [3.8, 4) is 0 Å². The van der Waals surface area contributed by atoms with Gasteiger partial charge in [0.2, 0.25) is 5.91 Å². The number of carbonyl (C=O) groups excluding carboxylic acids is 1. The summed E-state index contributed by atoms with van der Waals surface area (Å²) >= 11 is 0. The van der Waals surface area contributed by atoms with Crippen LogP contribution in [0.4, 0.5) is 0 Å². The molecule has 0 aromatic heterocycles. The highest BCUT2D eigenvalue weighted by molar-refractivity contribution is 5.76. The number of allylic oxidation sites excluding steroid dienone is 9. The van der Waals surface area contributed by atoms with E-state index in [2.05, 4.69) is 60.8 Å². The lowest BCUT2D eigenvalue weighted by atomic mass is 10.1. The summed E-state index contributed by atoms with van der Waals surface area (Å²) in [6.45, 7) is 4.04. The van der Waals surface area contributed by atoms with Gasteiger partial charge in [0.1, 0.15) is 0 Å². The number of aliphatic hydroxyl groups excluding tert-OH is 2. The largest absolute Gasteiger partial charge is 0.394 e. The Balaban J connectivity index is 3.61. The van der Waals surface area contributed by atoms with Crippen molar-refractivity contribution >= 4 is 5.91 Å². The minimum Gasteiger partial charge on any atom is -0.394 e. The van der Waals surface area contributed by atoms with Crippen LogP contribution >= 0.6 is 0 Å². The van der Waals surface area contributed by atoms with Gasteiger partial charge in [0.25, 0.3) is 0 Å². The number of hydrogen-bond acceptors (Lipinski definition) is 3. The number of amides is 1. The second-order valence-corrected chi connectivity index (χ2v) is 12.3. The van der Waals surface area contributed by atoms with Crippen LogP contribution in [0.25, 0.3) is 0 Å². The molecule has 0 fully saturated rings. The molecule has 0 spiro atoms. The first-order valence-corrected chi connectivity index (χ1v) is 18.5. The Bertz CT molecular complexity index is 752. The molecule has 2 atom stereocenters. The van der Waals surface area contributed by atoms with Crippen molar-refractivity contribution in [2.75, 3.05) is 6.61 Å². The zero-order valence-corrected chi connectivity index (χ0v) is 28.9. The molecule has 0 aromatic rings. The predicted molar refractivity (Wildman–Crippen MR) is 193 cm³/mol. The SMILES string of the molecule is C/C=C/CC/C=C/CC/C=C/C(O)C(CO)NC(=O)CCCCCCCCC/C=C\C/C=C\CCCCCCCCCCC. The van der Waals surface area contributed by atoms with Crippen molar-refractivity contribution in [3.63, 3.8) is 0 Å². The van der Waals surface area contributed by atoms with Crippen molar-refractivity contribution in [1.82, 2.24) is 5.32 Å². The van der Waals surface area contributed by atoms with Crippen molar-refractivity contribution in [2.45, 2.75) is 180 Å². The lowest BCUT2D eigenvalue weighted by Gasteiger charge is -2.19. The second-order valence-electron chi connectivity index (χ2n) is 12.3. The molecule has 3 N–H and O–H groups in total. The van der Waals surface area contributed by atoms with Crippen LogP contribution in [0.3, 0.4) is 0 Å². The van der Waals surface area contributed by atoms with Gasteiger partial charge >= 0.3 is 0 Å². The van der Waals surface area contributed by atoms with Gasteiger partial charge in [-0.1, -0.05) is 151 Å². The van der Waals surface area contributed by atoms with Crippen molar-refractivity contribution in [1.29, 1.82) is 0 Å². The van der Waals surface area contributed by atoms with Gasteiger partial charge in [-0.3, -0.25) is 4.79 Å². The van der Waals surface area contributed by atoms with E-state index in [1.54, 1.807) is 6.08 Å². The van der Waals surface area contributed by atoms with E-state index in [1.807, 2.05) is 13.0 Å². The lowest BCUT2D eigenvalue weighted by molar-refractivity contribution is -0.123. The molecule has 254 valence electrons. The van der Waals surface area contributed by atoms with Crippen LogP contribution in [0.1, 0.15) is 168 Å². The molecule has 0 aliphatic carbocycles. The van der Waals surface area contributed by atoms with Crippen molar-refractivity contribution < 1.29 is 15.0 Å². The van der Waals surface area contributed by atoms with E-state index in [0.717, 1.165) is 51.4 Å². The molecular formula is C40H71NO3. The molecule has 4 heteroatoms. The number of nitrogens with one attached hydrogen (secondary N) is 1. The second kappa shape index (κ2) is 35.6. The molecule has 0 aliphatic heterocycles. The number of aliphatic hydroxyl groups is 2. The third-order valence-corrected chi connectivity index (χ3v) is 8.05. The van der Waals surface area contributed by atoms with Gasteiger partial charge in [-0.15, -0.1) is 0 Å². The van der Waals surface area contributed by atoms with Gasteiger partial charge in [-0.05, 0) is 71.1 Å². The molecular weight excluding hydrogens is 542 g/mol. The number of rotatable bonds is 32. The Morgan fingerprint density at radius 3 is 1.57 bits per heavy atom. The van der Waals surface area contributed by atoms with Gasteiger partial charge < -0.3 is 15.5 Å². The van der Waals surface area contributed by atoms with E-state index >= 15 is 0 Å². The average Bonchev–Trinajstić information content (AvgIpc) is 3.03. The maximum Gasteiger partial charge on any atom is 0.220 e. The molecule has 1 amide bonds. The summed E-state index contributed by atoms with van der Waals surface area (Å²) in [5.41, 5.74) is 0. The summed E-state index contributed by atoms with van der Waals surface area (Å²) in [7, 11) is 0. The fourth-order valence-electron chi connectivity index (χ4n) is 5.19.